The second-order valence-corrected chi connectivity index (χ2v) is 4.85. The molecule has 1 heterocycles. The van der Waals surface area contributed by atoms with E-state index in [4.69, 9.17) is 5.73 Å². The molecule has 0 spiro atoms. The highest BCUT2D eigenvalue weighted by Crippen LogP contribution is 2.30. The Bertz CT molecular complexity index is 427. The summed E-state index contributed by atoms with van der Waals surface area (Å²) in [5, 5.41) is 2.95. The monoisotopic (exact) mass is 284 g/mol. The van der Waals surface area contributed by atoms with Crippen LogP contribution in [0.4, 0.5) is 0 Å². The molecule has 0 bridgehead atoms. The summed E-state index contributed by atoms with van der Waals surface area (Å²) in [7, 11) is 0. The number of halogens is 1. The first-order valence-corrected chi connectivity index (χ1v) is 6.47. The van der Waals surface area contributed by atoms with Crippen molar-refractivity contribution in [1.82, 2.24) is 15.3 Å². The SMILES string of the molecule is Cc1nccc(CNC(=O)[C@@H]2CCC[C@@H]2CN)n1.Cl. The number of carbonyl (C=O) groups is 1. The molecule has 1 aliphatic carbocycles. The fraction of sp³-hybridized carbons (Fsp3) is 0.615. The van der Waals surface area contributed by atoms with Gasteiger partial charge in [-0.05, 0) is 38.3 Å². The molecule has 1 saturated carbocycles. The predicted octanol–water partition coefficient (Wildman–Crippen LogP) is 1.20. The number of amides is 1. The van der Waals surface area contributed by atoms with Gasteiger partial charge in [-0.15, -0.1) is 12.4 Å². The molecule has 0 aromatic carbocycles. The summed E-state index contributed by atoms with van der Waals surface area (Å²) >= 11 is 0. The largest absolute Gasteiger partial charge is 0.350 e. The Balaban J connectivity index is 0.00000180. The molecule has 0 aliphatic heterocycles. The van der Waals surface area contributed by atoms with Crippen LogP contribution in [0.3, 0.4) is 0 Å². The van der Waals surface area contributed by atoms with Crippen molar-refractivity contribution in [2.24, 2.45) is 17.6 Å². The number of nitrogens with zero attached hydrogens (tertiary/aromatic N) is 2. The van der Waals surface area contributed by atoms with Crippen molar-refractivity contribution in [2.75, 3.05) is 6.54 Å². The minimum atomic E-state index is 0. The lowest BCUT2D eigenvalue weighted by molar-refractivity contribution is -0.126. The molecular formula is C13H21ClN4O. The van der Waals surface area contributed by atoms with E-state index in [2.05, 4.69) is 15.3 Å². The maximum Gasteiger partial charge on any atom is 0.223 e. The van der Waals surface area contributed by atoms with Crippen molar-refractivity contribution in [3.63, 3.8) is 0 Å². The number of aryl methyl sites for hydroxylation is 1. The van der Waals surface area contributed by atoms with Gasteiger partial charge in [0.2, 0.25) is 5.91 Å². The van der Waals surface area contributed by atoms with E-state index in [0.717, 1.165) is 30.8 Å². The molecule has 1 aromatic rings. The van der Waals surface area contributed by atoms with E-state index in [9.17, 15) is 4.79 Å². The van der Waals surface area contributed by atoms with E-state index < -0.39 is 0 Å². The Hall–Kier alpha value is -1.20. The zero-order valence-corrected chi connectivity index (χ0v) is 11.9. The van der Waals surface area contributed by atoms with E-state index in [1.807, 2.05) is 13.0 Å². The molecule has 0 saturated heterocycles. The van der Waals surface area contributed by atoms with Crippen LogP contribution in [0.25, 0.3) is 0 Å². The van der Waals surface area contributed by atoms with Gasteiger partial charge in [0.15, 0.2) is 0 Å². The van der Waals surface area contributed by atoms with Gasteiger partial charge in [-0.3, -0.25) is 4.79 Å². The Morgan fingerprint density at radius 2 is 2.32 bits per heavy atom. The van der Waals surface area contributed by atoms with Crippen molar-refractivity contribution in [3.05, 3.63) is 23.8 Å². The molecule has 1 amide bonds. The molecule has 5 nitrogen and oxygen atoms in total. The Morgan fingerprint density at radius 3 is 3.00 bits per heavy atom. The van der Waals surface area contributed by atoms with Gasteiger partial charge in [0.1, 0.15) is 5.82 Å². The Kier molecular flexibility index (Phi) is 6.18. The zero-order chi connectivity index (χ0) is 13.0. The summed E-state index contributed by atoms with van der Waals surface area (Å²) in [6.45, 7) is 2.91. The smallest absolute Gasteiger partial charge is 0.223 e. The van der Waals surface area contributed by atoms with Crippen molar-refractivity contribution in [3.8, 4) is 0 Å². The lowest BCUT2D eigenvalue weighted by Crippen LogP contribution is -2.34. The zero-order valence-electron chi connectivity index (χ0n) is 11.1. The van der Waals surface area contributed by atoms with Gasteiger partial charge < -0.3 is 11.1 Å². The average molecular weight is 285 g/mol. The fourth-order valence-corrected chi connectivity index (χ4v) is 2.58. The number of hydrogen-bond donors (Lipinski definition) is 2. The number of nitrogens with one attached hydrogen (secondary N) is 1. The fourth-order valence-electron chi connectivity index (χ4n) is 2.58. The van der Waals surface area contributed by atoms with Crippen LogP contribution in [-0.2, 0) is 11.3 Å². The molecule has 2 atom stereocenters. The summed E-state index contributed by atoms with van der Waals surface area (Å²) in [6, 6.07) is 1.82. The Morgan fingerprint density at radius 1 is 1.53 bits per heavy atom. The van der Waals surface area contributed by atoms with Gasteiger partial charge in [0.05, 0.1) is 12.2 Å². The number of rotatable bonds is 4. The second-order valence-electron chi connectivity index (χ2n) is 4.85. The van der Waals surface area contributed by atoms with Crippen LogP contribution in [0.15, 0.2) is 12.3 Å². The summed E-state index contributed by atoms with van der Waals surface area (Å²) < 4.78 is 0. The first-order chi connectivity index (χ1) is 8.70. The second kappa shape index (κ2) is 7.40. The number of carbonyl (C=O) groups excluding carboxylic acids is 1. The first-order valence-electron chi connectivity index (χ1n) is 6.47. The highest BCUT2D eigenvalue weighted by molar-refractivity contribution is 5.85. The molecule has 2 rings (SSSR count). The maximum absolute atomic E-state index is 12.1. The molecule has 0 radical (unpaired) electrons. The van der Waals surface area contributed by atoms with Crippen molar-refractivity contribution in [2.45, 2.75) is 32.7 Å². The first kappa shape index (κ1) is 15.9. The molecular weight excluding hydrogens is 264 g/mol. The van der Waals surface area contributed by atoms with Gasteiger partial charge in [-0.2, -0.15) is 0 Å². The summed E-state index contributed by atoms with van der Waals surface area (Å²) in [5.74, 6) is 1.26. The highest BCUT2D eigenvalue weighted by atomic mass is 35.5. The lowest BCUT2D eigenvalue weighted by Gasteiger charge is -2.17. The average Bonchev–Trinajstić information content (AvgIpc) is 2.84. The van der Waals surface area contributed by atoms with Crippen LogP contribution in [-0.4, -0.2) is 22.4 Å². The number of nitrogens with two attached hydrogens (primary N) is 1. The van der Waals surface area contributed by atoms with E-state index in [0.29, 0.717) is 19.0 Å². The van der Waals surface area contributed by atoms with Crippen molar-refractivity contribution in [1.29, 1.82) is 0 Å². The Labute approximate surface area is 119 Å². The molecule has 0 unspecified atom stereocenters. The van der Waals surface area contributed by atoms with E-state index in [-0.39, 0.29) is 24.2 Å². The molecule has 1 fully saturated rings. The van der Waals surface area contributed by atoms with Crippen LogP contribution < -0.4 is 11.1 Å². The van der Waals surface area contributed by atoms with Crippen LogP contribution in [0.5, 0.6) is 0 Å². The topological polar surface area (TPSA) is 80.9 Å². The van der Waals surface area contributed by atoms with Gasteiger partial charge in [0, 0.05) is 12.1 Å². The van der Waals surface area contributed by atoms with E-state index in [1.165, 1.54) is 0 Å². The van der Waals surface area contributed by atoms with Gasteiger partial charge >= 0.3 is 0 Å². The van der Waals surface area contributed by atoms with Crippen molar-refractivity contribution < 1.29 is 4.79 Å². The highest BCUT2D eigenvalue weighted by Gasteiger charge is 2.31. The summed E-state index contributed by atoms with van der Waals surface area (Å²) in [4.78, 5) is 20.4. The van der Waals surface area contributed by atoms with Crippen molar-refractivity contribution >= 4 is 18.3 Å². The molecule has 3 N–H and O–H groups in total. The maximum atomic E-state index is 12.1. The van der Waals surface area contributed by atoms with Crippen LogP contribution >= 0.6 is 12.4 Å². The standard InChI is InChI=1S/C13H20N4O.ClH/c1-9-15-6-5-11(17-9)8-16-13(18)12-4-2-3-10(12)7-14;/h5-6,10,12H,2-4,7-8,14H2,1H3,(H,16,18);1H/t10-,12-;/m1./s1. The van der Waals surface area contributed by atoms with Gasteiger partial charge in [0.25, 0.3) is 0 Å². The van der Waals surface area contributed by atoms with E-state index in [1.54, 1.807) is 6.20 Å². The van der Waals surface area contributed by atoms with Gasteiger partial charge in [-0.1, -0.05) is 6.42 Å². The molecule has 106 valence electrons. The normalized spacial score (nSPS) is 21.8. The molecule has 1 aliphatic rings. The number of aromatic nitrogens is 2. The third-order valence-corrected chi connectivity index (χ3v) is 3.58. The van der Waals surface area contributed by atoms with Crippen LogP contribution in [0, 0.1) is 18.8 Å². The summed E-state index contributed by atoms with van der Waals surface area (Å²) in [6.07, 6.45) is 4.84. The lowest BCUT2D eigenvalue weighted by atomic mass is 9.95. The third kappa shape index (κ3) is 4.14. The predicted molar refractivity (Wildman–Crippen MR) is 75.7 cm³/mol. The molecule has 6 heteroatoms. The minimum absolute atomic E-state index is 0. The molecule has 1 aromatic heterocycles. The number of hydrogen-bond acceptors (Lipinski definition) is 4. The van der Waals surface area contributed by atoms with Gasteiger partial charge in [-0.25, -0.2) is 9.97 Å². The van der Waals surface area contributed by atoms with Crippen LogP contribution in [0.1, 0.15) is 30.8 Å². The summed E-state index contributed by atoms with van der Waals surface area (Å²) in [5.41, 5.74) is 6.53. The minimum Gasteiger partial charge on any atom is -0.350 e. The quantitative estimate of drug-likeness (QED) is 0.870. The molecule has 19 heavy (non-hydrogen) atoms. The third-order valence-electron chi connectivity index (χ3n) is 3.58. The van der Waals surface area contributed by atoms with Crippen LogP contribution in [0.2, 0.25) is 0 Å². The van der Waals surface area contributed by atoms with E-state index >= 15 is 0 Å².